The molecular weight excluding hydrogens is 358 g/mol. The van der Waals surface area contributed by atoms with Crippen molar-refractivity contribution in [2.24, 2.45) is 0 Å². The Morgan fingerprint density at radius 3 is 2.32 bits per heavy atom. The van der Waals surface area contributed by atoms with Crippen LogP contribution >= 0.6 is 0 Å². The Kier molecular flexibility index (Phi) is 8.21. The molecular formula is C22H27NO5. The number of alkyl carbamates (subject to hydrolysis) is 1. The summed E-state index contributed by atoms with van der Waals surface area (Å²) >= 11 is 0. The van der Waals surface area contributed by atoms with Gasteiger partial charge in [-0.3, -0.25) is 0 Å². The molecule has 0 aliphatic heterocycles. The van der Waals surface area contributed by atoms with Crippen molar-refractivity contribution in [1.29, 1.82) is 0 Å². The molecule has 0 aliphatic rings. The minimum atomic E-state index is -0.456. The molecule has 150 valence electrons. The van der Waals surface area contributed by atoms with E-state index in [2.05, 4.69) is 11.9 Å². The van der Waals surface area contributed by atoms with Crippen molar-refractivity contribution in [3.63, 3.8) is 0 Å². The second-order valence-corrected chi connectivity index (χ2v) is 6.13. The van der Waals surface area contributed by atoms with E-state index in [0.717, 1.165) is 11.1 Å². The standard InChI is InChI=1S/C22H27NO5/c1-5-16(2)28-21-19(25-3)13-18(14-20(21)26-4)11-12-23-22(24)27-15-17-9-7-6-8-10-17/h5-10,13-14,16H,1,11-12,15H2,2-4H3,(H,23,24). The van der Waals surface area contributed by atoms with Crippen LogP contribution in [0.5, 0.6) is 17.2 Å². The Balaban J connectivity index is 1.92. The van der Waals surface area contributed by atoms with E-state index >= 15 is 0 Å². The molecule has 0 heterocycles. The summed E-state index contributed by atoms with van der Waals surface area (Å²) in [5, 5.41) is 2.75. The minimum absolute atomic E-state index is 0.185. The van der Waals surface area contributed by atoms with Crippen molar-refractivity contribution in [3.05, 3.63) is 66.2 Å². The highest BCUT2D eigenvalue weighted by Gasteiger charge is 2.16. The first-order valence-electron chi connectivity index (χ1n) is 9.06. The maximum atomic E-state index is 11.8. The second kappa shape index (κ2) is 10.9. The van der Waals surface area contributed by atoms with Gasteiger partial charge in [-0.15, -0.1) is 0 Å². The van der Waals surface area contributed by atoms with Crippen LogP contribution in [0.1, 0.15) is 18.1 Å². The number of rotatable bonds is 10. The molecule has 0 aliphatic carbocycles. The van der Waals surface area contributed by atoms with Gasteiger partial charge in [-0.25, -0.2) is 4.79 Å². The Hall–Kier alpha value is -3.15. The molecule has 2 aromatic rings. The minimum Gasteiger partial charge on any atom is -0.493 e. The predicted molar refractivity (Wildman–Crippen MR) is 108 cm³/mol. The van der Waals surface area contributed by atoms with Gasteiger partial charge < -0.3 is 24.3 Å². The zero-order valence-electron chi connectivity index (χ0n) is 16.6. The van der Waals surface area contributed by atoms with E-state index in [1.165, 1.54) is 0 Å². The summed E-state index contributed by atoms with van der Waals surface area (Å²) in [6, 6.07) is 13.3. The first kappa shape index (κ1) is 21.2. The first-order valence-corrected chi connectivity index (χ1v) is 9.06. The summed E-state index contributed by atoms with van der Waals surface area (Å²) in [6.45, 7) is 6.26. The summed E-state index contributed by atoms with van der Waals surface area (Å²) in [7, 11) is 3.15. The third kappa shape index (κ3) is 6.23. The van der Waals surface area contributed by atoms with E-state index < -0.39 is 6.09 Å². The van der Waals surface area contributed by atoms with Crippen LogP contribution in [0.4, 0.5) is 4.79 Å². The zero-order chi connectivity index (χ0) is 20.4. The lowest BCUT2D eigenvalue weighted by Crippen LogP contribution is -2.26. The molecule has 1 unspecified atom stereocenters. The van der Waals surface area contributed by atoms with Gasteiger partial charge in [-0.1, -0.05) is 43.0 Å². The van der Waals surface area contributed by atoms with Crippen LogP contribution < -0.4 is 19.5 Å². The lowest BCUT2D eigenvalue weighted by atomic mass is 10.1. The van der Waals surface area contributed by atoms with Gasteiger partial charge in [0.25, 0.3) is 0 Å². The van der Waals surface area contributed by atoms with Gasteiger partial charge in [0.2, 0.25) is 5.75 Å². The van der Waals surface area contributed by atoms with E-state index in [-0.39, 0.29) is 12.7 Å². The van der Waals surface area contributed by atoms with Crippen molar-refractivity contribution in [1.82, 2.24) is 5.32 Å². The topological polar surface area (TPSA) is 66.0 Å². The highest BCUT2D eigenvalue weighted by atomic mass is 16.5. The van der Waals surface area contributed by atoms with Crippen LogP contribution in [0.2, 0.25) is 0 Å². The summed E-state index contributed by atoms with van der Waals surface area (Å²) in [4.78, 5) is 11.8. The van der Waals surface area contributed by atoms with Crippen molar-refractivity contribution in [2.45, 2.75) is 26.1 Å². The van der Waals surface area contributed by atoms with Crippen LogP contribution in [0.15, 0.2) is 55.1 Å². The van der Waals surface area contributed by atoms with Gasteiger partial charge in [0.15, 0.2) is 11.5 Å². The molecule has 0 saturated heterocycles. The van der Waals surface area contributed by atoms with Crippen molar-refractivity contribution in [3.8, 4) is 17.2 Å². The molecule has 1 atom stereocenters. The molecule has 0 radical (unpaired) electrons. The normalized spacial score (nSPS) is 11.2. The highest BCUT2D eigenvalue weighted by Crippen LogP contribution is 2.39. The van der Waals surface area contributed by atoms with Crippen molar-refractivity contribution < 1.29 is 23.7 Å². The molecule has 0 aromatic heterocycles. The SMILES string of the molecule is C=CC(C)Oc1c(OC)cc(CCNC(=O)OCc2ccccc2)cc1OC. The summed E-state index contributed by atoms with van der Waals surface area (Å²) < 4.78 is 21.9. The maximum absolute atomic E-state index is 11.8. The number of carbonyl (C=O) groups excluding carboxylic acids is 1. The summed E-state index contributed by atoms with van der Waals surface area (Å²) in [5.41, 5.74) is 1.88. The lowest BCUT2D eigenvalue weighted by Gasteiger charge is -2.18. The number of methoxy groups -OCH3 is 2. The fourth-order valence-corrected chi connectivity index (χ4v) is 2.51. The lowest BCUT2D eigenvalue weighted by molar-refractivity contribution is 0.140. The van der Waals surface area contributed by atoms with Crippen LogP contribution in [-0.4, -0.2) is 33.0 Å². The quantitative estimate of drug-likeness (QED) is 0.623. The van der Waals surface area contributed by atoms with Gasteiger partial charge >= 0.3 is 6.09 Å². The fraction of sp³-hybridized carbons (Fsp3) is 0.318. The molecule has 6 heteroatoms. The van der Waals surface area contributed by atoms with E-state index in [0.29, 0.717) is 30.2 Å². The molecule has 0 saturated carbocycles. The summed E-state index contributed by atoms with van der Waals surface area (Å²) in [6.07, 6.45) is 1.64. The number of nitrogens with one attached hydrogen (secondary N) is 1. The van der Waals surface area contributed by atoms with Gasteiger partial charge in [0, 0.05) is 6.54 Å². The predicted octanol–water partition coefficient (Wildman–Crippen LogP) is 4.13. The molecule has 6 nitrogen and oxygen atoms in total. The van der Waals surface area contributed by atoms with Gasteiger partial charge in [-0.05, 0) is 36.6 Å². The maximum Gasteiger partial charge on any atom is 0.407 e. The molecule has 0 fully saturated rings. The van der Waals surface area contributed by atoms with E-state index in [1.807, 2.05) is 49.4 Å². The van der Waals surface area contributed by atoms with Gasteiger partial charge in [0.05, 0.1) is 14.2 Å². The molecule has 28 heavy (non-hydrogen) atoms. The first-order chi connectivity index (χ1) is 13.6. The highest BCUT2D eigenvalue weighted by molar-refractivity contribution is 5.67. The number of benzene rings is 2. The Bertz CT molecular complexity index is 751. The van der Waals surface area contributed by atoms with Gasteiger partial charge in [0.1, 0.15) is 12.7 Å². The average molecular weight is 385 g/mol. The number of amides is 1. The number of ether oxygens (including phenoxy) is 4. The third-order valence-electron chi connectivity index (χ3n) is 4.05. The smallest absolute Gasteiger partial charge is 0.407 e. The van der Waals surface area contributed by atoms with Crippen LogP contribution in [-0.2, 0) is 17.8 Å². The van der Waals surface area contributed by atoms with E-state index in [1.54, 1.807) is 20.3 Å². The molecule has 0 bridgehead atoms. The molecule has 1 amide bonds. The molecule has 2 aromatic carbocycles. The monoisotopic (exact) mass is 385 g/mol. The van der Waals surface area contributed by atoms with E-state index in [4.69, 9.17) is 18.9 Å². The largest absolute Gasteiger partial charge is 0.493 e. The number of carbonyl (C=O) groups is 1. The Morgan fingerprint density at radius 1 is 1.11 bits per heavy atom. The fourth-order valence-electron chi connectivity index (χ4n) is 2.51. The summed E-state index contributed by atoms with van der Waals surface area (Å²) in [5.74, 6) is 1.65. The van der Waals surface area contributed by atoms with Crippen molar-refractivity contribution in [2.75, 3.05) is 20.8 Å². The number of hydrogen-bond donors (Lipinski definition) is 1. The van der Waals surface area contributed by atoms with Crippen LogP contribution in [0.3, 0.4) is 0 Å². The molecule has 0 spiro atoms. The Morgan fingerprint density at radius 2 is 1.75 bits per heavy atom. The van der Waals surface area contributed by atoms with E-state index in [9.17, 15) is 4.79 Å². The van der Waals surface area contributed by atoms with Crippen molar-refractivity contribution >= 4 is 6.09 Å². The average Bonchev–Trinajstić information content (AvgIpc) is 2.73. The van der Waals surface area contributed by atoms with Crippen LogP contribution in [0, 0.1) is 0 Å². The third-order valence-corrected chi connectivity index (χ3v) is 4.05. The van der Waals surface area contributed by atoms with Gasteiger partial charge in [-0.2, -0.15) is 0 Å². The number of hydrogen-bond acceptors (Lipinski definition) is 5. The second-order valence-electron chi connectivity index (χ2n) is 6.13. The molecule has 2 rings (SSSR count). The Labute approximate surface area is 166 Å². The van der Waals surface area contributed by atoms with Crippen LogP contribution in [0.25, 0.3) is 0 Å². The zero-order valence-corrected chi connectivity index (χ0v) is 16.6. The molecule has 1 N–H and O–H groups in total.